The Morgan fingerprint density at radius 1 is 1.08 bits per heavy atom. The summed E-state index contributed by atoms with van der Waals surface area (Å²) in [7, 11) is 0. The predicted octanol–water partition coefficient (Wildman–Crippen LogP) is 2.65. The minimum absolute atomic E-state index is 0.750. The van der Waals surface area contributed by atoms with Gasteiger partial charge in [-0.3, -0.25) is 0 Å². The van der Waals surface area contributed by atoms with E-state index in [1.54, 1.807) is 0 Å². The summed E-state index contributed by atoms with van der Waals surface area (Å²) >= 11 is 0. The van der Waals surface area contributed by atoms with Gasteiger partial charge in [0, 0.05) is 0 Å². The third-order valence-corrected chi connectivity index (χ3v) is 1.84. The van der Waals surface area contributed by atoms with Crippen LogP contribution in [0.2, 0.25) is 0 Å². The Labute approximate surface area is 79.4 Å². The molecule has 2 nitrogen and oxygen atoms in total. The van der Waals surface area contributed by atoms with Gasteiger partial charge in [0.05, 0.1) is 0 Å². The van der Waals surface area contributed by atoms with Crippen LogP contribution in [0.15, 0.2) is 24.3 Å². The molecule has 0 radical (unpaired) electrons. The summed E-state index contributed by atoms with van der Waals surface area (Å²) in [4.78, 5) is 0. The molecular formula is C11H15NO. The monoisotopic (exact) mass is 177 g/mol. The number of hydrogen-bond donors (Lipinski definition) is 1. The number of aryl methyl sites for hydroxylation is 2. The first kappa shape index (κ1) is 11.5. The summed E-state index contributed by atoms with van der Waals surface area (Å²) in [5.41, 5.74) is 2.86. The zero-order valence-electron chi connectivity index (χ0n) is 8.12. The highest BCUT2D eigenvalue weighted by atomic mass is 16.2. The first-order valence-electron chi connectivity index (χ1n) is 4.39. The molecule has 0 aliphatic carbocycles. The number of nitrogens with zero attached hydrogens (tertiary/aromatic N) is 1. The Bertz CT molecular complexity index is 235. The molecule has 2 heteroatoms. The van der Waals surface area contributed by atoms with Crippen molar-refractivity contribution in [3.8, 4) is 6.26 Å². The maximum absolute atomic E-state index is 6.88. The van der Waals surface area contributed by atoms with Gasteiger partial charge in [0.25, 0.3) is 6.26 Å². The van der Waals surface area contributed by atoms with E-state index in [-0.39, 0.29) is 0 Å². The molecule has 0 aliphatic rings. The van der Waals surface area contributed by atoms with Crippen LogP contribution in [0.25, 0.3) is 0 Å². The number of aliphatic hydroxyl groups excluding tert-OH is 1. The van der Waals surface area contributed by atoms with Gasteiger partial charge in [0.15, 0.2) is 0 Å². The molecule has 0 atom stereocenters. The van der Waals surface area contributed by atoms with Crippen LogP contribution in [0, 0.1) is 11.5 Å². The Balaban J connectivity index is 0.000000424. The van der Waals surface area contributed by atoms with E-state index in [2.05, 4.69) is 38.1 Å². The van der Waals surface area contributed by atoms with Crippen LogP contribution in [0.1, 0.15) is 25.0 Å². The summed E-state index contributed by atoms with van der Waals surface area (Å²) in [5, 5.41) is 13.8. The van der Waals surface area contributed by atoms with Crippen molar-refractivity contribution in [3.05, 3.63) is 35.4 Å². The maximum atomic E-state index is 6.88. The van der Waals surface area contributed by atoms with Crippen LogP contribution >= 0.6 is 0 Å². The summed E-state index contributed by atoms with van der Waals surface area (Å²) < 4.78 is 0. The summed E-state index contributed by atoms with van der Waals surface area (Å²) in [6.07, 6.45) is 3.04. The Hall–Kier alpha value is -1.49. The lowest BCUT2D eigenvalue weighted by Crippen LogP contribution is -1.81. The fourth-order valence-electron chi connectivity index (χ4n) is 1.01. The molecule has 1 aromatic rings. The van der Waals surface area contributed by atoms with Gasteiger partial charge in [-0.15, -0.1) is 0 Å². The van der Waals surface area contributed by atoms with E-state index >= 15 is 0 Å². The molecule has 0 saturated carbocycles. The van der Waals surface area contributed by atoms with Crippen LogP contribution in [0.3, 0.4) is 0 Å². The zero-order valence-corrected chi connectivity index (χ0v) is 8.12. The standard InChI is InChI=1S/C10H14.CHNO/c1-3-9-5-7-10(4-2)8-6-9;2-1-3/h5-8H,3-4H2,1-2H3;3H. The summed E-state index contributed by atoms with van der Waals surface area (Å²) in [6.45, 7) is 4.36. The molecule has 0 aromatic heterocycles. The minimum atomic E-state index is 0.750. The highest BCUT2D eigenvalue weighted by molar-refractivity contribution is 5.22. The summed E-state index contributed by atoms with van der Waals surface area (Å²) in [6, 6.07) is 8.83. The molecule has 70 valence electrons. The Morgan fingerprint density at radius 3 is 1.46 bits per heavy atom. The second kappa shape index (κ2) is 7.17. The van der Waals surface area contributed by atoms with Crippen molar-refractivity contribution in [3.63, 3.8) is 0 Å². The quantitative estimate of drug-likeness (QED) is 0.706. The molecule has 1 aromatic carbocycles. The van der Waals surface area contributed by atoms with Crippen LogP contribution in [-0.4, -0.2) is 5.11 Å². The van der Waals surface area contributed by atoms with Crippen LogP contribution in [-0.2, 0) is 12.8 Å². The van der Waals surface area contributed by atoms with Gasteiger partial charge in [0.2, 0.25) is 0 Å². The average molecular weight is 177 g/mol. The van der Waals surface area contributed by atoms with Crippen molar-refractivity contribution in [2.24, 2.45) is 0 Å². The maximum Gasteiger partial charge on any atom is 0.283 e. The number of benzene rings is 1. The molecule has 0 heterocycles. The van der Waals surface area contributed by atoms with Gasteiger partial charge in [-0.2, -0.15) is 5.26 Å². The van der Waals surface area contributed by atoms with Crippen molar-refractivity contribution >= 4 is 0 Å². The topological polar surface area (TPSA) is 44.0 Å². The average Bonchev–Trinajstić information content (AvgIpc) is 2.19. The molecule has 0 bridgehead atoms. The van der Waals surface area contributed by atoms with E-state index < -0.39 is 0 Å². The molecule has 0 fully saturated rings. The van der Waals surface area contributed by atoms with E-state index in [1.165, 1.54) is 11.1 Å². The Kier molecular flexibility index (Phi) is 6.35. The molecule has 1 rings (SSSR count). The lowest BCUT2D eigenvalue weighted by Gasteiger charge is -1.97. The van der Waals surface area contributed by atoms with Crippen LogP contribution in [0.5, 0.6) is 0 Å². The van der Waals surface area contributed by atoms with Crippen molar-refractivity contribution in [2.45, 2.75) is 26.7 Å². The molecular weight excluding hydrogens is 162 g/mol. The summed E-state index contributed by atoms with van der Waals surface area (Å²) in [5.74, 6) is 0. The zero-order chi connectivity index (χ0) is 10.1. The number of rotatable bonds is 2. The second-order valence-corrected chi connectivity index (χ2v) is 2.62. The molecule has 13 heavy (non-hydrogen) atoms. The fraction of sp³-hybridized carbons (Fsp3) is 0.364. The lowest BCUT2D eigenvalue weighted by atomic mass is 10.1. The van der Waals surface area contributed by atoms with Gasteiger partial charge in [-0.1, -0.05) is 38.1 Å². The number of hydrogen-bond acceptors (Lipinski definition) is 2. The van der Waals surface area contributed by atoms with Crippen molar-refractivity contribution in [2.75, 3.05) is 0 Å². The first-order chi connectivity index (χ1) is 6.28. The molecule has 0 saturated heterocycles. The smallest absolute Gasteiger partial charge is 0.283 e. The third kappa shape index (κ3) is 4.86. The van der Waals surface area contributed by atoms with Crippen molar-refractivity contribution in [1.29, 1.82) is 5.26 Å². The van der Waals surface area contributed by atoms with E-state index in [1.807, 2.05) is 0 Å². The van der Waals surface area contributed by atoms with Gasteiger partial charge >= 0.3 is 0 Å². The predicted molar refractivity (Wildman–Crippen MR) is 52.7 cm³/mol. The minimum Gasteiger partial charge on any atom is -0.443 e. The fourth-order valence-corrected chi connectivity index (χ4v) is 1.01. The van der Waals surface area contributed by atoms with E-state index in [0.29, 0.717) is 0 Å². The van der Waals surface area contributed by atoms with Crippen LogP contribution < -0.4 is 0 Å². The SMILES string of the molecule is CCc1ccc(CC)cc1.N#CO. The highest BCUT2D eigenvalue weighted by Crippen LogP contribution is 2.04. The van der Waals surface area contributed by atoms with E-state index in [9.17, 15) is 0 Å². The molecule has 0 spiro atoms. The largest absolute Gasteiger partial charge is 0.443 e. The number of nitriles is 1. The molecule has 0 unspecified atom stereocenters. The van der Waals surface area contributed by atoms with Gasteiger partial charge in [-0.05, 0) is 24.0 Å². The normalized spacial score (nSPS) is 8.08. The van der Waals surface area contributed by atoms with Gasteiger partial charge < -0.3 is 5.11 Å². The molecule has 0 amide bonds. The molecule has 0 aliphatic heterocycles. The Morgan fingerprint density at radius 2 is 1.31 bits per heavy atom. The van der Waals surface area contributed by atoms with Gasteiger partial charge in [-0.25, -0.2) is 0 Å². The number of aliphatic hydroxyl groups is 1. The highest BCUT2D eigenvalue weighted by Gasteiger charge is 1.88. The molecule has 1 N–H and O–H groups in total. The van der Waals surface area contributed by atoms with Gasteiger partial charge in [0.1, 0.15) is 0 Å². The van der Waals surface area contributed by atoms with E-state index in [4.69, 9.17) is 10.4 Å². The first-order valence-corrected chi connectivity index (χ1v) is 4.39. The van der Waals surface area contributed by atoms with Crippen molar-refractivity contribution in [1.82, 2.24) is 0 Å². The third-order valence-electron chi connectivity index (χ3n) is 1.84. The van der Waals surface area contributed by atoms with Crippen LogP contribution in [0.4, 0.5) is 0 Å². The van der Waals surface area contributed by atoms with E-state index in [0.717, 1.165) is 19.1 Å². The lowest BCUT2D eigenvalue weighted by molar-refractivity contribution is 0.503. The second-order valence-electron chi connectivity index (χ2n) is 2.62. The van der Waals surface area contributed by atoms with Crippen molar-refractivity contribution < 1.29 is 5.11 Å².